The predicted molar refractivity (Wildman–Crippen MR) is 122 cm³/mol. The van der Waals surface area contributed by atoms with Crippen LogP contribution in [0, 0.1) is 6.92 Å². The molecule has 2 aromatic rings. The van der Waals surface area contributed by atoms with Gasteiger partial charge in [-0.3, -0.25) is 9.59 Å². The summed E-state index contributed by atoms with van der Waals surface area (Å²) in [6, 6.07) is 12.5. The zero-order valence-corrected chi connectivity index (χ0v) is 19.1. The van der Waals surface area contributed by atoms with Crippen LogP contribution in [0.25, 0.3) is 0 Å². The number of alkyl carbamates (subject to hydrolysis) is 1. The van der Waals surface area contributed by atoms with Crippen LogP contribution in [-0.2, 0) is 14.3 Å². The fraction of sp³-hybridized carbons (Fsp3) is 0.375. The van der Waals surface area contributed by atoms with Crippen LogP contribution in [-0.4, -0.2) is 46.6 Å². The number of hydrogen-bond donors (Lipinski definition) is 3. The molecule has 0 aliphatic carbocycles. The zero-order valence-electron chi connectivity index (χ0n) is 19.1. The molecule has 0 saturated carbocycles. The Morgan fingerprint density at radius 1 is 1.09 bits per heavy atom. The van der Waals surface area contributed by atoms with Crippen LogP contribution in [0.4, 0.5) is 10.5 Å². The SMILES string of the molecule is CCN(C(=O)CNC(=O)OC(C)(C)C)C(C(=O)Nc1ccccc1C)c1cccc(O)c1. The number of anilines is 1. The molecule has 1 unspecified atom stereocenters. The van der Waals surface area contributed by atoms with Gasteiger partial charge in [0, 0.05) is 12.2 Å². The average Bonchev–Trinajstić information content (AvgIpc) is 2.70. The van der Waals surface area contributed by atoms with Crippen LogP contribution in [0.3, 0.4) is 0 Å². The van der Waals surface area contributed by atoms with Gasteiger partial charge in [0.1, 0.15) is 23.9 Å². The lowest BCUT2D eigenvalue weighted by atomic mass is 10.0. The summed E-state index contributed by atoms with van der Waals surface area (Å²) in [6.45, 7) is 8.64. The maximum Gasteiger partial charge on any atom is 0.408 e. The minimum Gasteiger partial charge on any atom is -0.508 e. The summed E-state index contributed by atoms with van der Waals surface area (Å²) >= 11 is 0. The van der Waals surface area contributed by atoms with Crippen molar-refractivity contribution in [2.75, 3.05) is 18.4 Å². The monoisotopic (exact) mass is 441 g/mol. The molecule has 8 heteroatoms. The Morgan fingerprint density at radius 3 is 2.38 bits per heavy atom. The highest BCUT2D eigenvalue weighted by molar-refractivity contribution is 5.98. The first kappa shape index (κ1) is 24.7. The molecule has 0 heterocycles. The van der Waals surface area contributed by atoms with Crippen LogP contribution >= 0.6 is 0 Å². The van der Waals surface area contributed by atoms with Gasteiger partial charge in [0.2, 0.25) is 5.91 Å². The van der Waals surface area contributed by atoms with Crippen molar-refractivity contribution in [2.45, 2.75) is 46.3 Å². The second-order valence-electron chi connectivity index (χ2n) is 8.34. The van der Waals surface area contributed by atoms with Gasteiger partial charge in [-0.05, 0) is 63.9 Å². The molecule has 0 saturated heterocycles. The molecule has 3 amide bonds. The fourth-order valence-corrected chi connectivity index (χ4v) is 3.15. The van der Waals surface area contributed by atoms with Crippen LogP contribution in [0.5, 0.6) is 5.75 Å². The highest BCUT2D eigenvalue weighted by Gasteiger charge is 2.31. The van der Waals surface area contributed by atoms with Crippen molar-refractivity contribution in [3.05, 3.63) is 59.7 Å². The molecule has 0 aliphatic heterocycles. The van der Waals surface area contributed by atoms with E-state index in [1.165, 1.54) is 17.0 Å². The van der Waals surface area contributed by atoms with E-state index >= 15 is 0 Å². The van der Waals surface area contributed by atoms with E-state index in [1.54, 1.807) is 52.0 Å². The normalized spacial score (nSPS) is 11.9. The molecule has 2 aromatic carbocycles. The summed E-state index contributed by atoms with van der Waals surface area (Å²) in [5, 5.41) is 15.2. The molecule has 2 rings (SSSR count). The molecular weight excluding hydrogens is 410 g/mol. The molecule has 0 radical (unpaired) electrons. The van der Waals surface area contributed by atoms with Gasteiger partial charge >= 0.3 is 6.09 Å². The van der Waals surface area contributed by atoms with Crippen molar-refractivity contribution in [2.24, 2.45) is 0 Å². The van der Waals surface area contributed by atoms with Gasteiger partial charge in [-0.15, -0.1) is 0 Å². The van der Waals surface area contributed by atoms with E-state index < -0.39 is 29.6 Å². The van der Waals surface area contributed by atoms with Crippen LogP contribution in [0.2, 0.25) is 0 Å². The van der Waals surface area contributed by atoms with Crippen molar-refractivity contribution in [3.63, 3.8) is 0 Å². The number of para-hydroxylation sites is 1. The number of benzene rings is 2. The van der Waals surface area contributed by atoms with Crippen molar-refractivity contribution < 1.29 is 24.2 Å². The van der Waals surface area contributed by atoms with Crippen molar-refractivity contribution in [1.29, 1.82) is 0 Å². The van der Waals surface area contributed by atoms with E-state index in [1.807, 2.05) is 19.1 Å². The lowest BCUT2D eigenvalue weighted by Crippen LogP contribution is -2.46. The Labute approximate surface area is 188 Å². The zero-order chi connectivity index (χ0) is 23.9. The first-order valence-electron chi connectivity index (χ1n) is 10.4. The van der Waals surface area contributed by atoms with E-state index in [0.29, 0.717) is 11.3 Å². The molecule has 8 nitrogen and oxygen atoms in total. The third-order valence-electron chi connectivity index (χ3n) is 4.59. The first-order valence-corrected chi connectivity index (χ1v) is 10.4. The smallest absolute Gasteiger partial charge is 0.408 e. The maximum absolute atomic E-state index is 13.3. The highest BCUT2D eigenvalue weighted by Crippen LogP contribution is 2.26. The quantitative estimate of drug-likeness (QED) is 0.606. The molecule has 0 spiro atoms. The van der Waals surface area contributed by atoms with E-state index in [-0.39, 0.29) is 18.8 Å². The standard InChI is InChI=1S/C24H31N3O5/c1-6-27(20(29)15-25-23(31)32-24(3,4)5)21(17-11-9-12-18(28)14-17)22(30)26-19-13-8-7-10-16(19)2/h7-14,21,28H,6,15H2,1-5H3,(H,25,31)(H,26,30). The Kier molecular flexibility index (Phi) is 8.23. The number of phenolic OH excluding ortho intramolecular Hbond substituents is 1. The number of carbonyl (C=O) groups excluding carboxylic acids is 3. The van der Waals surface area contributed by atoms with E-state index in [9.17, 15) is 19.5 Å². The Bertz CT molecular complexity index is 968. The number of ether oxygens (including phenoxy) is 1. The topological polar surface area (TPSA) is 108 Å². The number of hydrogen-bond acceptors (Lipinski definition) is 5. The molecule has 32 heavy (non-hydrogen) atoms. The second kappa shape index (κ2) is 10.7. The minimum atomic E-state index is -1.01. The molecule has 0 fully saturated rings. The van der Waals surface area contributed by atoms with Crippen molar-refractivity contribution in [1.82, 2.24) is 10.2 Å². The van der Waals surface area contributed by atoms with Gasteiger partial charge in [-0.2, -0.15) is 0 Å². The number of phenols is 1. The summed E-state index contributed by atoms with van der Waals surface area (Å²) in [5.74, 6) is -0.921. The number of nitrogens with zero attached hydrogens (tertiary/aromatic N) is 1. The van der Waals surface area contributed by atoms with Gasteiger partial charge < -0.3 is 25.4 Å². The number of aromatic hydroxyl groups is 1. The first-order chi connectivity index (χ1) is 15.0. The van der Waals surface area contributed by atoms with Gasteiger partial charge in [0.05, 0.1) is 0 Å². The highest BCUT2D eigenvalue weighted by atomic mass is 16.6. The molecule has 172 valence electrons. The average molecular weight is 442 g/mol. The second-order valence-corrected chi connectivity index (χ2v) is 8.34. The summed E-state index contributed by atoms with van der Waals surface area (Å²) in [5.41, 5.74) is 1.24. The van der Waals surface area contributed by atoms with E-state index in [0.717, 1.165) is 5.56 Å². The lowest BCUT2D eigenvalue weighted by Gasteiger charge is -2.31. The molecular formula is C24H31N3O5. The Hall–Kier alpha value is -3.55. The summed E-state index contributed by atoms with van der Waals surface area (Å²) in [6.07, 6.45) is -0.722. The summed E-state index contributed by atoms with van der Waals surface area (Å²) < 4.78 is 5.17. The minimum absolute atomic E-state index is 0.0217. The number of likely N-dealkylation sites (N-methyl/N-ethyl adjacent to an activating group) is 1. The number of aryl methyl sites for hydroxylation is 1. The predicted octanol–water partition coefficient (Wildman–Crippen LogP) is 3.75. The van der Waals surface area contributed by atoms with Crippen LogP contribution in [0.1, 0.15) is 44.9 Å². The Balaban J connectivity index is 2.28. The van der Waals surface area contributed by atoms with E-state index in [4.69, 9.17) is 4.74 Å². The largest absolute Gasteiger partial charge is 0.508 e. The van der Waals surface area contributed by atoms with Gasteiger partial charge in [-0.1, -0.05) is 30.3 Å². The third-order valence-corrected chi connectivity index (χ3v) is 4.59. The maximum atomic E-state index is 13.3. The van der Waals surface area contributed by atoms with Crippen LogP contribution in [0.15, 0.2) is 48.5 Å². The van der Waals surface area contributed by atoms with Crippen molar-refractivity contribution >= 4 is 23.6 Å². The number of rotatable bonds is 7. The molecule has 3 N–H and O–H groups in total. The number of amides is 3. The van der Waals surface area contributed by atoms with Crippen molar-refractivity contribution in [3.8, 4) is 5.75 Å². The summed E-state index contributed by atoms with van der Waals surface area (Å²) in [4.78, 5) is 39.6. The van der Waals surface area contributed by atoms with Gasteiger partial charge in [0.15, 0.2) is 0 Å². The number of nitrogens with one attached hydrogen (secondary N) is 2. The molecule has 0 aromatic heterocycles. The van der Waals surface area contributed by atoms with Gasteiger partial charge in [-0.25, -0.2) is 4.79 Å². The third kappa shape index (κ3) is 7.01. The molecule has 0 aliphatic rings. The Morgan fingerprint density at radius 2 is 1.78 bits per heavy atom. The van der Waals surface area contributed by atoms with Crippen LogP contribution < -0.4 is 10.6 Å². The summed E-state index contributed by atoms with van der Waals surface area (Å²) in [7, 11) is 0. The van der Waals surface area contributed by atoms with Gasteiger partial charge in [0.25, 0.3) is 5.91 Å². The fourth-order valence-electron chi connectivity index (χ4n) is 3.15. The molecule has 1 atom stereocenters. The van der Waals surface area contributed by atoms with E-state index in [2.05, 4.69) is 10.6 Å². The lowest BCUT2D eigenvalue weighted by molar-refractivity contribution is -0.138. The number of carbonyl (C=O) groups is 3. The molecule has 0 bridgehead atoms.